The molecule has 1 aromatic carbocycles. The zero-order valence-electron chi connectivity index (χ0n) is 12.4. The zero-order valence-corrected chi connectivity index (χ0v) is 12.4. The molecular weight excluding hydrogens is 281 g/mol. The van der Waals surface area contributed by atoms with Crippen LogP contribution in [0.5, 0.6) is 0 Å². The van der Waals surface area contributed by atoms with Gasteiger partial charge in [-0.05, 0) is 29.5 Å². The van der Waals surface area contributed by atoms with Gasteiger partial charge in [0, 0.05) is 12.1 Å². The Morgan fingerprint density at radius 2 is 1.90 bits per heavy atom. The topological polar surface area (TPSA) is 55.1 Å². The second-order valence-corrected chi connectivity index (χ2v) is 6.15. The summed E-state index contributed by atoms with van der Waals surface area (Å²) in [6, 6.07) is 5.69. The molecule has 21 heavy (non-hydrogen) atoms. The van der Waals surface area contributed by atoms with Gasteiger partial charge in [-0.1, -0.05) is 32.9 Å². The minimum absolute atomic E-state index is 0.113. The maximum absolute atomic E-state index is 12.2. The van der Waals surface area contributed by atoms with Gasteiger partial charge in [-0.15, -0.1) is 0 Å². The van der Waals surface area contributed by atoms with Crippen LogP contribution in [0.4, 0.5) is 18.9 Å². The van der Waals surface area contributed by atoms with Crippen LogP contribution in [-0.2, 0) is 11.2 Å². The standard InChI is InChI=1S/C15H21F3N2O/c1-14(2,3)12(19)13(21)20-11-6-4-5-10(9-11)7-8-15(16,17)18/h4-6,9,12H,7-8,19H2,1-3H3,(H,20,21)/t12-/m1/s1. The van der Waals surface area contributed by atoms with E-state index >= 15 is 0 Å². The molecule has 118 valence electrons. The van der Waals surface area contributed by atoms with Gasteiger partial charge in [0.25, 0.3) is 0 Å². The van der Waals surface area contributed by atoms with Gasteiger partial charge in [0.15, 0.2) is 0 Å². The molecule has 0 saturated carbocycles. The molecule has 1 amide bonds. The maximum Gasteiger partial charge on any atom is 0.389 e. The molecule has 3 N–H and O–H groups in total. The molecule has 1 atom stereocenters. The number of alkyl halides is 3. The number of carbonyl (C=O) groups excluding carboxylic acids is 1. The number of amides is 1. The van der Waals surface area contributed by atoms with Gasteiger partial charge in [0.05, 0.1) is 6.04 Å². The van der Waals surface area contributed by atoms with Crippen molar-refractivity contribution in [3.8, 4) is 0 Å². The second-order valence-electron chi connectivity index (χ2n) is 6.15. The Hall–Kier alpha value is -1.56. The van der Waals surface area contributed by atoms with Crippen molar-refractivity contribution in [3.63, 3.8) is 0 Å². The van der Waals surface area contributed by atoms with Crippen LogP contribution >= 0.6 is 0 Å². The van der Waals surface area contributed by atoms with Crippen molar-refractivity contribution >= 4 is 11.6 Å². The quantitative estimate of drug-likeness (QED) is 0.894. The van der Waals surface area contributed by atoms with E-state index in [-0.39, 0.29) is 12.3 Å². The molecule has 0 bridgehead atoms. The lowest BCUT2D eigenvalue weighted by Crippen LogP contribution is -2.45. The van der Waals surface area contributed by atoms with Crippen molar-refractivity contribution in [3.05, 3.63) is 29.8 Å². The molecule has 0 aliphatic carbocycles. The second kappa shape index (κ2) is 6.47. The molecular formula is C15H21F3N2O. The Balaban J connectivity index is 2.71. The highest BCUT2D eigenvalue weighted by molar-refractivity contribution is 5.95. The number of halogens is 3. The average Bonchev–Trinajstić information content (AvgIpc) is 2.34. The smallest absolute Gasteiger partial charge is 0.325 e. The van der Waals surface area contributed by atoms with E-state index in [1.165, 1.54) is 0 Å². The summed E-state index contributed by atoms with van der Waals surface area (Å²) in [5.74, 6) is -0.351. The van der Waals surface area contributed by atoms with E-state index in [0.717, 1.165) is 0 Å². The van der Waals surface area contributed by atoms with E-state index in [1.807, 2.05) is 20.8 Å². The molecule has 1 aromatic rings. The summed E-state index contributed by atoms with van der Waals surface area (Å²) in [5.41, 5.74) is 6.42. The van der Waals surface area contributed by atoms with Crippen LogP contribution in [0, 0.1) is 5.41 Å². The van der Waals surface area contributed by atoms with E-state index in [4.69, 9.17) is 5.73 Å². The molecule has 0 aliphatic rings. The summed E-state index contributed by atoms with van der Waals surface area (Å²) in [4.78, 5) is 12.0. The summed E-state index contributed by atoms with van der Waals surface area (Å²) < 4.78 is 36.6. The van der Waals surface area contributed by atoms with Crippen molar-refractivity contribution in [2.75, 3.05) is 5.32 Å². The number of benzene rings is 1. The van der Waals surface area contributed by atoms with Gasteiger partial charge in [-0.3, -0.25) is 4.79 Å². The lowest BCUT2D eigenvalue weighted by Gasteiger charge is -2.25. The number of hydrogen-bond donors (Lipinski definition) is 2. The summed E-state index contributed by atoms with van der Waals surface area (Å²) in [6.07, 6.45) is -5.18. The average molecular weight is 302 g/mol. The largest absolute Gasteiger partial charge is 0.389 e. The number of carbonyl (C=O) groups is 1. The first kappa shape index (κ1) is 17.5. The molecule has 0 spiro atoms. The van der Waals surface area contributed by atoms with Crippen molar-refractivity contribution < 1.29 is 18.0 Å². The molecule has 0 unspecified atom stereocenters. The predicted molar refractivity (Wildman–Crippen MR) is 76.9 cm³/mol. The van der Waals surface area contributed by atoms with E-state index in [1.54, 1.807) is 24.3 Å². The van der Waals surface area contributed by atoms with Crippen molar-refractivity contribution in [2.45, 2.75) is 45.8 Å². The van der Waals surface area contributed by atoms with E-state index in [2.05, 4.69) is 5.32 Å². The molecule has 0 saturated heterocycles. The molecule has 6 heteroatoms. The maximum atomic E-state index is 12.2. The first-order valence-electron chi connectivity index (χ1n) is 6.71. The van der Waals surface area contributed by atoms with E-state index in [0.29, 0.717) is 11.3 Å². The number of aryl methyl sites for hydroxylation is 1. The number of nitrogens with one attached hydrogen (secondary N) is 1. The van der Waals surface area contributed by atoms with Gasteiger partial charge in [-0.2, -0.15) is 13.2 Å². The molecule has 0 aliphatic heterocycles. The number of rotatable bonds is 4. The SMILES string of the molecule is CC(C)(C)[C@H](N)C(=O)Nc1cccc(CCC(F)(F)F)c1. The fourth-order valence-electron chi connectivity index (χ4n) is 1.70. The van der Waals surface area contributed by atoms with Crippen LogP contribution in [0.3, 0.4) is 0 Å². The van der Waals surface area contributed by atoms with Crippen LogP contribution in [0.1, 0.15) is 32.8 Å². The fraction of sp³-hybridized carbons (Fsp3) is 0.533. The highest BCUT2D eigenvalue weighted by Gasteiger charge is 2.28. The van der Waals surface area contributed by atoms with Crippen molar-refractivity contribution in [1.82, 2.24) is 0 Å². The molecule has 0 aromatic heterocycles. The Bertz CT molecular complexity index is 492. The minimum atomic E-state index is -4.19. The third-order valence-electron chi connectivity index (χ3n) is 3.11. The molecule has 0 heterocycles. The lowest BCUT2D eigenvalue weighted by atomic mass is 9.87. The summed E-state index contributed by atoms with van der Waals surface area (Å²) >= 11 is 0. The van der Waals surface area contributed by atoms with Gasteiger partial charge in [0.1, 0.15) is 0 Å². The monoisotopic (exact) mass is 302 g/mol. The predicted octanol–water partition coefficient (Wildman–Crippen LogP) is 3.49. The molecule has 3 nitrogen and oxygen atoms in total. The summed E-state index contributed by atoms with van der Waals surface area (Å²) in [5, 5.41) is 2.64. The lowest BCUT2D eigenvalue weighted by molar-refractivity contribution is -0.134. The normalized spacial score (nSPS) is 13.9. The van der Waals surface area contributed by atoms with Crippen LogP contribution in [-0.4, -0.2) is 18.1 Å². The Morgan fingerprint density at radius 1 is 1.29 bits per heavy atom. The molecule has 0 fully saturated rings. The third kappa shape index (κ3) is 6.16. The summed E-state index contributed by atoms with van der Waals surface area (Å²) in [6.45, 7) is 5.53. The van der Waals surface area contributed by atoms with Gasteiger partial charge in [-0.25, -0.2) is 0 Å². The van der Waals surface area contributed by atoms with Crippen LogP contribution in [0.25, 0.3) is 0 Å². The first-order chi connectivity index (χ1) is 9.49. The number of hydrogen-bond acceptors (Lipinski definition) is 2. The van der Waals surface area contributed by atoms with Crippen molar-refractivity contribution in [2.24, 2.45) is 11.1 Å². The van der Waals surface area contributed by atoms with Crippen LogP contribution in [0.15, 0.2) is 24.3 Å². The number of nitrogens with two attached hydrogens (primary N) is 1. The Morgan fingerprint density at radius 3 is 2.43 bits per heavy atom. The Labute approximate surface area is 122 Å². The van der Waals surface area contributed by atoms with Gasteiger partial charge >= 0.3 is 6.18 Å². The first-order valence-corrected chi connectivity index (χ1v) is 6.71. The van der Waals surface area contributed by atoms with Gasteiger partial charge in [0.2, 0.25) is 5.91 Å². The minimum Gasteiger partial charge on any atom is -0.325 e. The fourth-order valence-corrected chi connectivity index (χ4v) is 1.70. The summed E-state index contributed by atoms with van der Waals surface area (Å²) in [7, 11) is 0. The highest BCUT2D eigenvalue weighted by atomic mass is 19.4. The molecule has 1 rings (SSSR count). The van der Waals surface area contributed by atoms with E-state index < -0.39 is 24.1 Å². The van der Waals surface area contributed by atoms with Crippen LogP contribution < -0.4 is 11.1 Å². The van der Waals surface area contributed by atoms with Crippen LogP contribution in [0.2, 0.25) is 0 Å². The van der Waals surface area contributed by atoms with Gasteiger partial charge < -0.3 is 11.1 Å². The third-order valence-corrected chi connectivity index (χ3v) is 3.11. The van der Waals surface area contributed by atoms with E-state index in [9.17, 15) is 18.0 Å². The highest BCUT2D eigenvalue weighted by Crippen LogP contribution is 2.23. The van der Waals surface area contributed by atoms with Crippen molar-refractivity contribution in [1.29, 1.82) is 0 Å². The zero-order chi connectivity index (χ0) is 16.3. The number of anilines is 1. The Kier molecular flexibility index (Phi) is 5.39. The molecule has 0 radical (unpaired) electrons.